The zero-order valence-corrected chi connectivity index (χ0v) is 19.9. The molecule has 3 heterocycles. The van der Waals surface area contributed by atoms with Gasteiger partial charge in [0.05, 0.1) is 23.3 Å². The highest BCUT2D eigenvalue weighted by atomic mass is 35.5. The van der Waals surface area contributed by atoms with Crippen LogP contribution in [0.15, 0.2) is 55.1 Å². The van der Waals surface area contributed by atoms with Crippen molar-refractivity contribution in [3.63, 3.8) is 0 Å². The molecular weight excluding hydrogens is 513 g/mol. The first-order valence-electron chi connectivity index (χ1n) is 10.9. The minimum absolute atomic E-state index is 0.0413. The summed E-state index contributed by atoms with van der Waals surface area (Å²) < 4.78 is 53.5. The second kappa shape index (κ2) is 9.62. The average Bonchev–Trinajstić information content (AvgIpc) is 3.31. The molecule has 0 spiro atoms. The molecule has 5 rings (SSSR count). The zero-order valence-electron chi connectivity index (χ0n) is 19.1. The molecule has 0 saturated carbocycles. The second-order valence-electron chi connectivity index (χ2n) is 8.03. The van der Waals surface area contributed by atoms with Crippen molar-refractivity contribution < 1.29 is 27.4 Å². The number of ether oxygens (including phenoxy) is 2. The molecule has 2 aromatic heterocycles. The van der Waals surface area contributed by atoms with Gasteiger partial charge in [-0.3, -0.25) is 9.48 Å². The van der Waals surface area contributed by atoms with E-state index in [1.165, 1.54) is 41.5 Å². The molecule has 1 amide bonds. The molecule has 0 atom stereocenters. The van der Waals surface area contributed by atoms with Crippen LogP contribution < -0.4 is 20.1 Å². The summed E-state index contributed by atoms with van der Waals surface area (Å²) in [6.07, 6.45) is -0.315. The third kappa shape index (κ3) is 5.28. The van der Waals surface area contributed by atoms with Gasteiger partial charge in [0, 0.05) is 30.1 Å². The standard InChI is InChI=1S/C24H18ClF3N6O3/c1-34-11-15(10-32-34)14-6-16(24(26,27)28)9-17(7-14)33-22(35)13-2-3-18(25)19(8-13)37-23-20-21(30-12-31-23)29-4-5-36-20/h2-3,6-12H,4-5H2,1H3,(H,33,35)(H,29,30,31). The van der Waals surface area contributed by atoms with E-state index in [4.69, 9.17) is 21.1 Å². The summed E-state index contributed by atoms with van der Waals surface area (Å²) in [6.45, 7) is 0.947. The third-order valence-electron chi connectivity index (χ3n) is 5.37. The van der Waals surface area contributed by atoms with Gasteiger partial charge >= 0.3 is 6.18 Å². The number of benzene rings is 2. The minimum atomic E-state index is -4.62. The molecule has 2 aromatic carbocycles. The Kier molecular flexibility index (Phi) is 6.34. The fourth-order valence-corrected chi connectivity index (χ4v) is 3.80. The maximum atomic E-state index is 13.6. The Balaban J connectivity index is 1.43. The SMILES string of the molecule is Cn1cc(-c2cc(NC(=O)c3ccc(Cl)c(Oc4ncnc5c4OCCN5)c3)cc(C(F)(F)F)c2)cn1. The molecule has 1 aliphatic heterocycles. The molecule has 4 aromatic rings. The Morgan fingerprint density at radius 3 is 2.78 bits per heavy atom. The number of amides is 1. The number of anilines is 2. The van der Waals surface area contributed by atoms with Crippen molar-refractivity contribution in [2.75, 3.05) is 23.8 Å². The summed E-state index contributed by atoms with van der Waals surface area (Å²) in [7, 11) is 1.65. The van der Waals surface area contributed by atoms with Gasteiger partial charge in [-0.1, -0.05) is 11.6 Å². The van der Waals surface area contributed by atoms with Crippen molar-refractivity contribution in [1.82, 2.24) is 19.7 Å². The summed E-state index contributed by atoms with van der Waals surface area (Å²) in [4.78, 5) is 21.2. The lowest BCUT2D eigenvalue weighted by Gasteiger charge is -2.19. The molecule has 0 bridgehead atoms. The highest BCUT2D eigenvalue weighted by molar-refractivity contribution is 6.32. The number of fused-ring (bicyclic) bond motifs is 1. The first kappa shape index (κ1) is 24.4. The quantitative estimate of drug-likeness (QED) is 0.356. The summed E-state index contributed by atoms with van der Waals surface area (Å²) >= 11 is 6.27. The van der Waals surface area contributed by atoms with Crippen LogP contribution in [0.1, 0.15) is 15.9 Å². The van der Waals surface area contributed by atoms with Crippen LogP contribution >= 0.6 is 11.6 Å². The van der Waals surface area contributed by atoms with Crippen molar-refractivity contribution in [3.8, 4) is 28.5 Å². The van der Waals surface area contributed by atoms with Gasteiger partial charge in [0.1, 0.15) is 18.7 Å². The molecule has 9 nitrogen and oxygen atoms in total. The Morgan fingerprint density at radius 1 is 1.19 bits per heavy atom. The number of nitrogens with one attached hydrogen (secondary N) is 2. The van der Waals surface area contributed by atoms with E-state index in [1.54, 1.807) is 13.2 Å². The van der Waals surface area contributed by atoms with E-state index in [0.717, 1.165) is 12.1 Å². The number of carbonyl (C=O) groups excluding carboxylic acids is 1. The fourth-order valence-electron chi connectivity index (χ4n) is 3.64. The van der Waals surface area contributed by atoms with E-state index in [0.29, 0.717) is 30.3 Å². The van der Waals surface area contributed by atoms with E-state index in [2.05, 4.69) is 25.7 Å². The molecule has 1 aliphatic rings. The van der Waals surface area contributed by atoms with Crippen molar-refractivity contribution in [2.45, 2.75) is 6.18 Å². The van der Waals surface area contributed by atoms with Gasteiger partial charge in [0.15, 0.2) is 5.82 Å². The van der Waals surface area contributed by atoms with Gasteiger partial charge in [-0.25, -0.2) is 4.98 Å². The van der Waals surface area contributed by atoms with Crippen molar-refractivity contribution in [2.24, 2.45) is 7.05 Å². The largest absolute Gasteiger partial charge is 0.483 e. The molecule has 37 heavy (non-hydrogen) atoms. The van der Waals surface area contributed by atoms with Gasteiger partial charge in [-0.15, -0.1) is 0 Å². The van der Waals surface area contributed by atoms with Crippen molar-refractivity contribution >= 4 is 29.0 Å². The minimum Gasteiger partial charge on any atom is -0.483 e. The lowest BCUT2D eigenvalue weighted by molar-refractivity contribution is -0.137. The van der Waals surface area contributed by atoms with Crippen molar-refractivity contribution in [3.05, 3.63) is 71.3 Å². The number of halogens is 4. The van der Waals surface area contributed by atoms with Gasteiger partial charge in [-0.2, -0.15) is 23.3 Å². The second-order valence-corrected chi connectivity index (χ2v) is 8.44. The zero-order chi connectivity index (χ0) is 26.2. The van der Waals surface area contributed by atoms with E-state index >= 15 is 0 Å². The Bertz CT molecular complexity index is 1490. The number of hydrogen-bond donors (Lipinski definition) is 2. The maximum Gasteiger partial charge on any atom is 0.416 e. The monoisotopic (exact) mass is 530 g/mol. The number of carbonyl (C=O) groups is 1. The van der Waals surface area contributed by atoms with Crippen LogP contribution in [0.25, 0.3) is 11.1 Å². The van der Waals surface area contributed by atoms with Gasteiger partial charge in [0.2, 0.25) is 5.75 Å². The van der Waals surface area contributed by atoms with Crippen LogP contribution in [-0.4, -0.2) is 38.8 Å². The topological polar surface area (TPSA) is 103 Å². The molecule has 2 N–H and O–H groups in total. The van der Waals surface area contributed by atoms with Gasteiger partial charge < -0.3 is 20.1 Å². The first-order chi connectivity index (χ1) is 17.7. The van der Waals surface area contributed by atoms with Crippen LogP contribution in [0.5, 0.6) is 17.4 Å². The number of alkyl halides is 3. The van der Waals surface area contributed by atoms with E-state index in [9.17, 15) is 18.0 Å². The van der Waals surface area contributed by atoms with E-state index < -0.39 is 17.6 Å². The van der Waals surface area contributed by atoms with Crippen LogP contribution in [-0.2, 0) is 13.2 Å². The molecule has 0 unspecified atom stereocenters. The smallest absolute Gasteiger partial charge is 0.416 e. The molecule has 0 saturated heterocycles. The number of aryl methyl sites for hydroxylation is 1. The first-order valence-corrected chi connectivity index (χ1v) is 11.3. The number of aromatic nitrogens is 4. The normalized spacial score (nSPS) is 12.8. The molecule has 0 aliphatic carbocycles. The summed E-state index contributed by atoms with van der Waals surface area (Å²) in [5.41, 5.74) is -0.134. The molecule has 0 fully saturated rings. The maximum absolute atomic E-state index is 13.6. The highest BCUT2D eigenvalue weighted by Crippen LogP contribution is 2.39. The Morgan fingerprint density at radius 2 is 2.03 bits per heavy atom. The predicted octanol–water partition coefficient (Wildman–Crippen LogP) is 5.40. The van der Waals surface area contributed by atoms with Gasteiger partial charge in [-0.05, 0) is 42.0 Å². The predicted molar refractivity (Wildman–Crippen MR) is 129 cm³/mol. The lowest BCUT2D eigenvalue weighted by atomic mass is 10.0. The fraction of sp³-hybridized carbons (Fsp3) is 0.167. The summed E-state index contributed by atoms with van der Waals surface area (Å²) in [5, 5.41) is 9.77. The van der Waals surface area contributed by atoms with E-state index in [-0.39, 0.29) is 33.5 Å². The number of rotatable bonds is 5. The highest BCUT2D eigenvalue weighted by Gasteiger charge is 2.31. The summed E-state index contributed by atoms with van der Waals surface area (Å²) in [5.74, 6) is 0.280. The molecule has 13 heteroatoms. The van der Waals surface area contributed by atoms with Crippen LogP contribution in [0.4, 0.5) is 24.7 Å². The van der Waals surface area contributed by atoms with Crippen molar-refractivity contribution in [1.29, 1.82) is 0 Å². The number of nitrogens with zero attached hydrogens (tertiary/aromatic N) is 4. The van der Waals surface area contributed by atoms with Crippen LogP contribution in [0.3, 0.4) is 0 Å². The molecular formula is C24H18ClF3N6O3. The van der Waals surface area contributed by atoms with E-state index in [1.807, 2.05) is 0 Å². The Hall–Kier alpha value is -4.32. The van der Waals surface area contributed by atoms with Crippen LogP contribution in [0.2, 0.25) is 5.02 Å². The number of hydrogen-bond acceptors (Lipinski definition) is 7. The molecule has 190 valence electrons. The Labute approximate surface area is 213 Å². The van der Waals surface area contributed by atoms with Gasteiger partial charge in [0.25, 0.3) is 11.8 Å². The lowest BCUT2D eigenvalue weighted by Crippen LogP contribution is -2.19. The average molecular weight is 531 g/mol. The summed E-state index contributed by atoms with van der Waals surface area (Å²) in [6, 6.07) is 7.52. The molecule has 0 radical (unpaired) electrons. The van der Waals surface area contributed by atoms with Crippen LogP contribution in [0, 0.1) is 0 Å². The third-order valence-corrected chi connectivity index (χ3v) is 5.68.